The Morgan fingerprint density at radius 2 is 2.22 bits per heavy atom. The number of rotatable bonds is 1. The highest BCUT2D eigenvalue weighted by molar-refractivity contribution is 5.87. The molecule has 0 saturated carbocycles. The van der Waals surface area contributed by atoms with Gasteiger partial charge in [-0.15, -0.1) is 0 Å². The first-order valence-corrected chi connectivity index (χ1v) is 6.15. The smallest absolute Gasteiger partial charge is 0.193 e. The Balaban J connectivity index is 2.08. The van der Waals surface area contributed by atoms with Crippen molar-refractivity contribution in [2.24, 2.45) is 11.7 Å². The van der Waals surface area contributed by atoms with Gasteiger partial charge in [-0.05, 0) is 0 Å². The van der Waals surface area contributed by atoms with E-state index in [1.807, 2.05) is 6.92 Å². The van der Waals surface area contributed by atoms with Crippen LogP contribution < -0.4 is 21.7 Å². The number of guanidine groups is 2. The van der Waals surface area contributed by atoms with Crippen molar-refractivity contribution in [3.05, 3.63) is 0 Å². The van der Waals surface area contributed by atoms with Crippen molar-refractivity contribution in [2.45, 2.75) is 30.8 Å². The third kappa shape index (κ3) is 1.16. The van der Waals surface area contributed by atoms with E-state index < -0.39 is 11.8 Å². The van der Waals surface area contributed by atoms with Gasteiger partial charge in [0.1, 0.15) is 6.10 Å². The largest absolute Gasteiger partial charge is 0.388 e. The first-order chi connectivity index (χ1) is 8.50. The van der Waals surface area contributed by atoms with Crippen LogP contribution in [0.3, 0.4) is 0 Å². The molecule has 0 aromatic rings. The summed E-state index contributed by atoms with van der Waals surface area (Å²) in [6, 6.07) is -0.395. The van der Waals surface area contributed by atoms with Crippen LogP contribution in [0.1, 0.15) is 6.92 Å². The Morgan fingerprint density at radius 1 is 1.50 bits per heavy atom. The van der Waals surface area contributed by atoms with Crippen molar-refractivity contribution in [1.82, 2.24) is 20.9 Å². The number of nitrogens with two attached hydrogens (primary N) is 1. The number of hydrogen-bond acceptors (Lipinski definition) is 4. The van der Waals surface area contributed by atoms with Crippen LogP contribution in [0.4, 0.5) is 0 Å². The van der Waals surface area contributed by atoms with Gasteiger partial charge in [-0.1, -0.05) is 6.92 Å². The molecule has 3 fully saturated rings. The zero-order valence-electron chi connectivity index (χ0n) is 10.2. The lowest BCUT2D eigenvalue weighted by molar-refractivity contribution is 0.00328. The maximum Gasteiger partial charge on any atom is 0.193 e. The highest BCUT2D eigenvalue weighted by Gasteiger charge is 2.65. The van der Waals surface area contributed by atoms with Gasteiger partial charge in [-0.25, -0.2) is 0 Å². The summed E-state index contributed by atoms with van der Waals surface area (Å²) in [5.41, 5.74) is 4.91. The molecule has 8 heteroatoms. The molecule has 5 atom stereocenters. The Kier molecular flexibility index (Phi) is 2.23. The molecule has 8 N–H and O–H groups in total. The van der Waals surface area contributed by atoms with Crippen molar-refractivity contribution >= 4 is 11.9 Å². The fourth-order valence-corrected chi connectivity index (χ4v) is 3.42. The lowest BCUT2D eigenvalue weighted by Crippen LogP contribution is -2.77. The quantitative estimate of drug-likeness (QED) is 0.273. The van der Waals surface area contributed by atoms with Gasteiger partial charge in [0.25, 0.3) is 0 Å². The average molecular weight is 253 g/mol. The van der Waals surface area contributed by atoms with Gasteiger partial charge in [-0.3, -0.25) is 10.8 Å². The molecule has 0 bridgehead atoms. The van der Waals surface area contributed by atoms with Crippen LogP contribution in [0.15, 0.2) is 0 Å². The summed E-state index contributed by atoms with van der Waals surface area (Å²) in [7, 11) is 0. The summed E-state index contributed by atoms with van der Waals surface area (Å²) in [5, 5.41) is 35.4. The van der Waals surface area contributed by atoms with E-state index in [9.17, 15) is 5.11 Å². The second-order valence-electron chi connectivity index (χ2n) is 5.32. The predicted molar refractivity (Wildman–Crippen MR) is 66.1 cm³/mol. The maximum absolute atomic E-state index is 10.5. The lowest BCUT2D eigenvalue weighted by Gasteiger charge is -2.49. The summed E-state index contributed by atoms with van der Waals surface area (Å²) >= 11 is 0. The van der Waals surface area contributed by atoms with Crippen molar-refractivity contribution in [2.75, 3.05) is 13.1 Å². The van der Waals surface area contributed by atoms with E-state index in [2.05, 4.69) is 16.0 Å². The molecule has 0 aromatic carbocycles. The van der Waals surface area contributed by atoms with Gasteiger partial charge in [0.05, 0.1) is 12.1 Å². The molecular weight excluding hydrogens is 234 g/mol. The molecule has 8 nitrogen and oxygen atoms in total. The highest BCUT2D eigenvalue weighted by atomic mass is 16.3. The number of nitrogens with one attached hydrogen (secondary N) is 5. The van der Waals surface area contributed by atoms with Crippen LogP contribution in [0, 0.1) is 16.7 Å². The molecule has 0 aliphatic carbocycles. The van der Waals surface area contributed by atoms with Gasteiger partial charge < -0.3 is 31.7 Å². The van der Waals surface area contributed by atoms with Crippen molar-refractivity contribution < 1.29 is 5.11 Å². The van der Waals surface area contributed by atoms with E-state index in [1.54, 1.807) is 4.90 Å². The molecule has 3 aliphatic heterocycles. The van der Waals surface area contributed by atoms with Crippen LogP contribution in [0.5, 0.6) is 0 Å². The number of aliphatic hydroxyl groups excluding tert-OH is 1. The van der Waals surface area contributed by atoms with Gasteiger partial charge in [0, 0.05) is 19.0 Å². The summed E-state index contributed by atoms with van der Waals surface area (Å²) in [6.45, 7) is 2.87. The molecule has 3 rings (SSSR count). The average Bonchev–Trinajstić information content (AvgIpc) is 2.80. The maximum atomic E-state index is 10.5. The van der Waals surface area contributed by atoms with Crippen LogP contribution in [-0.4, -0.2) is 58.9 Å². The highest BCUT2D eigenvalue weighted by Crippen LogP contribution is 2.39. The summed E-state index contributed by atoms with van der Waals surface area (Å²) in [4.78, 5) is 1.80. The predicted octanol–water partition coefficient (Wildman–Crippen LogP) is -2.64. The first kappa shape index (κ1) is 11.5. The third-order valence-corrected chi connectivity index (χ3v) is 4.25. The molecular formula is C10H19N7O. The van der Waals surface area contributed by atoms with E-state index in [1.165, 1.54) is 0 Å². The van der Waals surface area contributed by atoms with E-state index in [-0.39, 0.29) is 29.9 Å². The molecule has 1 spiro atoms. The fraction of sp³-hybridized carbons (Fsp3) is 0.800. The van der Waals surface area contributed by atoms with Gasteiger partial charge in [0.15, 0.2) is 17.6 Å². The summed E-state index contributed by atoms with van der Waals surface area (Å²) in [6.07, 6.45) is -0.644. The SMILES string of the molecule is C[C@H]1CN2C(=N)NC(CN)C3NC(=N)NC32[C@@H]1O. The van der Waals surface area contributed by atoms with E-state index in [0.29, 0.717) is 13.1 Å². The molecule has 3 aliphatic rings. The van der Waals surface area contributed by atoms with Gasteiger partial charge >= 0.3 is 0 Å². The zero-order valence-corrected chi connectivity index (χ0v) is 10.2. The second-order valence-corrected chi connectivity index (χ2v) is 5.32. The standard InChI is InChI=1S/C10H19N7O/c1-4-3-17-9(13)14-5(2-11)6-10(17,7(4)18)16-8(12)15-6/h4-7,18H,2-3,11H2,1H3,(H2,13,14)(H3,12,15,16)/t4-,5?,6?,7+,10?/m0/s1. The van der Waals surface area contributed by atoms with E-state index in [4.69, 9.17) is 16.6 Å². The van der Waals surface area contributed by atoms with Crippen LogP contribution in [0.25, 0.3) is 0 Å². The second kappa shape index (κ2) is 3.48. The van der Waals surface area contributed by atoms with E-state index in [0.717, 1.165) is 0 Å². The van der Waals surface area contributed by atoms with E-state index >= 15 is 0 Å². The Bertz CT molecular complexity index is 413. The van der Waals surface area contributed by atoms with Crippen LogP contribution >= 0.6 is 0 Å². The zero-order chi connectivity index (χ0) is 13.1. The Morgan fingerprint density at radius 3 is 2.89 bits per heavy atom. The van der Waals surface area contributed by atoms with Gasteiger partial charge in [-0.2, -0.15) is 0 Å². The number of aliphatic hydroxyl groups is 1. The lowest BCUT2D eigenvalue weighted by atomic mass is 9.86. The molecule has 0 radical (unpaired) electrons. The Hall–Kier alpha value is -1.54. The van der Waals surface area contributed by atoms with Crippen LogP contribution in [-0.2, 0) is 0 Å². The molecule has 3 unspecified atom stereocenters. The summed E-state index contributed by atoms with van der Waals surface area (Å²) < 4.78 is 0. The molecule has 0 aromatic heterocycles. The van der Waals surface area contributed by atoms with Crippen molar-refractivity contribution in [3.63, 3.8) is 0 Å². The topological polar surface area (TPSA) is 133 Å². The van der Waals surface area contributed by atoms with Gasteiger partial charge in [0.2, 0.25) is 0 Å². The molecule has 18 heavy (non-hydrogen) atoms. The summed E-state index contributed by atoms with van der Waals surface area (Å²) in [5.74, 6) is 0.466. The molecule has 3 saturated heterocycles. The minimum atomic E-state index is -0.817. The van der Waals surface area contributed by atoms with Crippen molar-refractivity contribution in [1.29, 1.82) is 10.8 Å². The minimum Gasteiger partial charge on any atom is -0.388 e. The number of nitrogens with zero attached hydrogens (tertiary/aromatic N) is 1. The fourth-order valence-electron chi connectivity index (χ4n) is 3.42. The minimum absolute atomic E-state index is 0.0337. The number of hydrogen-bond donors (Lipinski definition) is 7. The third-order valence-electron chi connectivity index (χ3n) is 4.25. The normalized spacial score (nSPS) is 46.1. The first-order valence-electron chi connectivity index (χ1n) is 6.15. The molecule has 3 heterocycles. The van der Waals surface area contributed by atoms with Crippen LogP contribution in [0.2, 0.25) is 0 Å². The molecule has 0 amide bonds. The van der Waals surface area contributed by atoms with Crippen molar-refractivity contribution in [3.8, 4) is 0 Å². The monoisotopic (exact) mass is 253 g/mol. The Labute approximate surface area is 105 Å². The molecule has 100 valence electrons.